The molecule has 1 aliphatic rings. The van der Waals surface area contributed by atoms with E-state index < -0.39 is 0 Å². The Morgan fingerprint density at radius 1 is 1.00 bits per heavy atom. The summed E-state index contributed by atoms with van der Waals surface area (Å²) in [6, 6.07) is 23.1. The van der Waals surface area contributed by atoms with E-state index in [0.717, 1.165) is 53.4 Å². The predicted molar refractivity (Wildman–Crippen MR) is 125 cm³/mol. The summed E-state index contributed by atoms with van der Waals surface area (Å²) in [7, 11) is 1.93. The number of fused-ring (bicyclic) bond motifs is 1. The highest BCUT2D eigenvalue weighted by Crippen LogP contribution is 2.39. The van der Waals surface area contributed by atoms with Crippen molar-refractivity contribution in [1.82, 2.24) is 14.8 Å². The molecule has 2 heterocycles. The molecule has 5 rings (SSSR count). The molecule has 0 radical (unpaired) electrons. The number of benzene rings is 2. The molecular weight excluding hydrogens is 396 g/mol. The fraction of sp³-hybridized carbons (Fsp3) is 0.296. The molecular formula is C27H26N4O. The number of aryl methyl sites for hydroxylation is 1. The van der Waals surface area contributed by atoms with Crippen molar-refractivity contribution in [3.8, 4) is 23.2 Å². The minimum absolute atomic E-state index is 0.197. The second-order valence-electron chi connectivity index (χ2n) is 8.62. The van der Waals surface area contributed by atoms with E-state index in [1.165, 1.54) is 5.56 Å². The molecule has 0 bridgehead atoms. The Morgan fingerprint density at radius 2 is 1.78 bits per heavy atom. The van der Waals surface area contributed by atoms with Gasteiger partial charge in [0.05, 0.1) is 17.3 Å². The molecule has 32 heavy (non-hydrogen) atoms. The van der Waals surface area contributed by atoms with Gasteiger partial charge in [-0.2, -0.15) is 5.26 Å². The van der Waals surface area contributed by atoms with Crippen molar-refractivity contribution in [3.63, 3.8) is 0 Å². The van der Waals surface area contributed by atoms with Gasteiger partial charge in [0.1, 0.15) is 6.61 Å². The highest BCUT2D eigenvalue weighted by atomic mass is 16.5. The fourth-order valence-electron chi connectivity index (χ4n) is 4.56. The monoisotopic (exact) mass is 422 g/mol. The first-order valence-corrected chi connectivity index (χ1v) is 11.2. The summed E-state index contributed by atoms with van der Waals surface area (Å²) < 4.78 is 7.97. The Morgan fingerprint density at radius 3 is 2.56 bits per heavy atom. The van der Waals surface area contributed by atoms with E-state index in [9.17, 15) is 0 Å². The van der Waals surface area contributed by atoms with Crippen molar-refractivity contribution in [2.45, 2.75) is 38.2 Å². The number of pyridine rings is 1. The van der Waals surface area contributed by atoms with Crippen LogP contribution in [0.5, 0.6) is 5.88 Å². The van der Waals surface area contributed by atoms with Crippen molar-refractivity contribution in [3.05, 3.63) is 78.0 Å². The Labute approximate surface area is 188 Å². The molecule has 1 aliphatic carbocycles. The summed E-state index contributed by atoms with van der Waals surface area (Å²) >= 11 is 0. The van der Waals surface area contributed by atoms with Crippen LogP contribution >= 0.6 is 0 Å². The first kappa shape index (κ1) is 20.3. The van der Waals surface area contributed by atoms with Crippen LogP contribution in [0.4, 0.5) is 0 Å². The number of ether oxygens (including phenoxy) is 1. The van der Waals surface area contributed by atoms with Gasteiger partial charge < -0.3 is 4.74 Å². The fourth-order valence-corrected chi connectivity index (χ4v) is 4.56. The topological polar surface area (TPSA) is 63.7 Å². The molecule has 160 valence electrons. The lowest BCUT2D eigenvalue weighted by molar-refractivity contribution is 0.281. The number of nitrogens with zero attached hydrogens (tertiary/aromatic N) is 4. The van der Waals surface area contributed by atoms with Crippen molar-refractivity contribution >= 4 is 10.9 Å². The van der Waals surface area contributed by atoms with Crippen LogP contribution in [0.3, 0.4) is 0 Å². The minimum atomic E-state index is 0.197. The Bertz CT molecular complexity index is 1260. The molecule has 5 heteroatoms. The van der Waals surface area contributed by atoms with Crippen molar-refractivity contribution in [1.29, 1.82) is 5.26 Å². The molecule has 0 spiro atoms. The van der Waals surface area contributed by atoms with Gasteiger partial charge >= 0.3 is 0 Å². The molecule has 4 aromatic rings. The first-order valence-electron chi connectivity index (χ1n) is 11.2. The van der Waals surface area contributed by atoms with E-state index in [-0.39, 0.29) is 5.92 Å². The molecule has 0 amide bonds. The van der Waals surface area contributed by atoms with Gasteiger partial charge in [0, 0.05) is 35.7 Å². The van der Waals surface area contributed by atoms with Gasteiger partial charge in [0.25, 0.3) is 0 Å². The zero-order valence-electron chi connectivity index (χ0n) is 18.2. The Hall–Kier alpha value is -3.65. The summed E-state index contributed by atoms with van der Waals surface area (Å²) in [5.41, 5.74) is 5.33. The quantitative estimate of drug-likeness (QED) is 0.395. The van der Waals surface area contributed by atoms with Gasteiger partial charge in [0.2, 0.25) is 5.88 Å². The lowest BCUT2D eigenvalue weighted by Gasteiger charge is -2.24. The van der Waals surface area contributed by atoms with E-state index in [1.807, 2.05) is 29.9 Å². The molecule has 0 atom stereocenters. The third-order valence-corrected chi connectivity index (χ3v) is 6.39. The summed E-state index contributed by atoms with van der Waals surface area (Å²) in [6.45, 7) is 0.475. The maximum absolute atomic E-state index is 9.16. The average Bonchev–Trinajstić information content (AvgIpc) is 3.23. The van der Waals surface area contributed by atoms with Crippen LogP contribution < -0.4 is 4.74 Å². The smallest absolute Gasteiger partial charge is 0.236 e. The number of rotatable bonds is 5. The normalized spacial score (nSPS) is 18.4. The van der Waals surface area contributed by atoms with Crippen molar-refractivity contribution in [2.24, 2.45) is 13.0 Å². The van der Waals surface area contributed by atoms with Gasteiger partial charge in [-0.25, -0.2) is 4.98 Å². The largest absolute Gasteiger partial charge is 0.472 e. The summed E-state index contributed by atoms with van der Waals surface area (Å²) in [5, 5.41) is 14.9. The maximum Gasteiger partial charge on any atom is 0.236 e. The molecule has 0 N–H and O–H groups in total. The van der Waals surface area contributed by atoms with Gasteiger partial charge in [-0.05, 0) is 49.3 Å². The zero-order chi connectivity index (χ0) is 21.9. The van der Waals surface area contributed by atoms with E-state index in [2.05, 4.69) is 59.8 Å². The van der Waals surface area contributed by atoms with Crippen LogP contribution in [0.2, 0.25) is 0 Å². The Balaban J connectivity index is 1.27. The van der Waals surface area contributed by atoms with Gasteiger partial charge in [0.15, 0.2) is 0 Å². The van der Waals surface area contributed by atoms with Crippen molar-refractivity contribution in [2.75, 3.05) is 0 Å². The lowest BCUT2D eigenvalue weighted by Crippen LogP contribution is -2.12. The third kappa shape index (κ3) is 4.22. The lowest BCUT2D eigenvalue weighted by atomic mass is 9.80. The molecule has 2 aromatic heterocycles. The third-order valence-electron chi connectivity index (χ3n) is 6.39. The number of nitriles is 1. The molecule has 1 saturated carbocycles. The van der Waals surface area contributed by atoms with Crippen LogP contribution in [0.1, 0.15) is 42.7 Å². The molecule has 2 aromatic carbocycles. The standard InChI is InChI=1S/C27H26N4O/c1-31-17-24(21-10-6-19(16-28)7-11-21)27(30-31)32-18-20-8-12-23(13-9-20)26-15-14-22-4-2-3-5-25(22)29-26/h2-5,8-9,12-15,17,19,21H,6-7,10-11,18H2,1H3. The first-order chi connectivity index (χ1) is 15.7. The van der Waals surface area contributed by atoms with Gasteiger partial charge in [-0.15, -0.1) is 5.10 Å². The number of hydrogen-bond donors (Lipinski definition) is 0. The van der Waals surface area contributed by atoms with Crippen LogP contribution in [0, 0.1) is 17.2 Å². The minimum Gasteiger partial charge on any atom is -0.472 e. The van der Waals surface area contributed by atoms with Crippen LogP contribution in [0.15, 0.2) is 66.9 Å². The van der Waals surface area contributed by atoms with E-state index in [0.29, 0.717) is 18.4 Å². The van der Waals surface area contributed by atoms with E-state index >= 15 is 0 Å². The SMILES string of the molecule is Cn1cc(C2CCC(C#N)CC2)c(OCc2ccc(-c3ccc4ccccc4n3)cc2)n1. The zero-order valence-corrected chi connectivity index (χ0v) is 18.2. The van der Waals surface area contributed by atoms with Crippen LogP contribution in [-0.2, 0) is 13.7 Å². The van der Waals surface area contributed by atoms with Crippen molar-refractivity contribution < 1.29 is 4.74 Å². The molecule has 1 fully saturated rings. The number of aromatic nitrogens is 3. The highest BCUT2D eigenvalue weighted by molar-refractivity contribution is 5.81. The second-order valence-corrected chi connectivity index (χ2v) is 8.62. The Kier molecular flexibility index (Phi) is 5.60. The van der Waals surface area contributed by atoms with Gasteiger partial charge in [-0.3, -0.25) is 4.68 Å². The molecule has 0 unspecified atom stereocenters. The average molecular weight is 423 g/mol. The second kappa shape index (κ2) is 8.84. The molecule has 0 saturated heterocycles. The summed E-state index contributed by atoms with van der Waals surface area (Å²) in [5.74, 6) is 1.33. The van der Waals surface area contributed by atoms with Crippen LogP contribution in [0.25, 0.3) is 22.2 Å². The summed E-state index contributed by atoms with van der Waals surface area (Å²) in [6.07, 6.45) is 6.03. The molecule has 5 nitrogen and oxygen atoms in total. The highest BCUT2D eigenvalue weighted by Gasteiger charge is 2.26. The van der Waals surface area contributed by atoms with E-state index in [1.54, 1.807) is 0 Å². The van der Waals surface area contributed by atoms with Crippen LogP contribution in [-0.4, -0.2) is 14.8 Å². The van der Waals surface area contributed by atoms with E-state index in [4.69, 9.17) is 15.0 Å². The number of para-hydroxylation sites is 1. The number of hydrogen-bond acceptors (Lipinski definition) is 4. The maximum atomic E-state index is 9.16. The summed E-state index contributed by atoms with van der Waals surface area (Å²) in [4.78, 5) is 4.78. The predicted octanol–water partition coefficient (Wildman–Crippen LogP) is 6.01. The van der Waals surface area contributed by atoms with Gasteiger partial charge in [-0.1, -0.05) is 48.5 Å². The molecule has 0 aliphatic heterocycles.